The molecule has 0 rings (SSSR count). The number of hydrogen-bond acceptors (Lipinski definition) is 6. The Morgan fingerprint density at radius 1 is 1.20 bits per heavy atom. The Hall–Kier alpha value is -1.18. The van der Waals surface area contributed by atoms with Crippen molar-refractivity contribution in [3.05, 3.63) is 0 Å². The molecule has 2 atom stereocenters. The molecule has 0 amide bonds. The van der Waals surface area contributed by atoms with Gasteiger partial charge in [-0.2, -0.15) is 0 Å². The number of aliphatic hydroxyl groups excluding tert-OH is 2. The zero-order valence-electron chi connectivity index (χ0n) is 8.43. The van der Waals surface area contributed by atoms with E-state index >= 15 is 0 Å². The lowest BCUT2D eigenvalue weighted by Gasteiger charge is -2.27. The second kappa shape index (κ2) is 4.56. The molecule has 7 heteroatoms. The molecular formula is C8H14O7. The predicted molar refractivity (Wildman–Crippen MR) is 46.9 cm³/mol. The average Bonchev–Trinajstić information content (AvgIpc) is 2.17. The van der Waals surface area contributed by atoms with E-state index in [1.165, 1.54) is 0 Å². The molecule has 0 aliphatic heterocycles. The molecule has 0 spiro atoms. The molecule has 0 aromatic heterocycles. The molecule has 0 saturated carbocycles. The van der Waals surface area contributed by atoms with Crippen molar-refractivity contribution in [1.29, 1.82) is 0 Å². The van der Waals surface area contributed by atoms with E-state index in [1.54, 1.807) is 0 Å². The summed E-state index contributed by atoms with van der Waals surface area (Å²) in [6.07, 6.45) is 0. The van der Waals surface area contributed by atoms with Crippen LogP contribution in [0.2, 0.25) is 0 Å². The molecule has 0 aromatic rings. The summed E-state index contributed by atoms with van der Waals surface area (Å²) in [6, 6.07) is 0. The minimum absolute atomic E-state index is 0.910. The van der Waals surface area contributed by atoms with Gasteiger partial charge in [-0.05, 0) is 13.8 Å². The Morgan fingerprint density at radius 2 is 1.67 bits per heavy atom. The molecule has 0 aliphatic carbocycles. The fraction of sp³-hybridized carbons (Fsp3) is 0.750. The monoisotopic (exact) mass is 222 g/mol. The first-order valence-corrected chi connectivity index (χ1v) is 4.10. The fourth-order valence-corrected chi connectivity index (χ4v) is 0.523. The van der Waals surface area contributed by atoms with Gasteiger partial charge in [-0.25, -0.2) is 9.59 Å². The summed E-state index contributed by atoms with van der Waals surface area (Å²) in [5.74, 6) is -2.86. The van der Waals surface area contributed by atoms with Crippen LogP contribution in [0.25, 0.3) is 0 Å². The minimum atomic E-state index is -2.19. The maximum Gasteiger partial charge on any atom is 0.350 e. The zero-order chi connectivity index (χ0) is 12.3. The lowest BCUT2D eigenvalue weighted by atomic mass is 10.1. The Labute approximate surface area is 85.9 Å². The van der Waals surface area contributed by atoms with Gasteiger partial charge in [-0.1, -0.05) is 0 Å². The first-order chi connectivity index (χ1) is 6.69. The third-order valence-corrected chi connectivity index (χ3v) is 1.82. The van der Waals surface area contributed by atoms with Crippen LogP contribution in [0.4, 0.5) is 0 Å². The quantitative estimate of drug-likeness (QED) is 0.401. The van der Waals surface area contributed by atoms with E-state index < -0.39 is 36.4 Å². The van der Waals surface area contributed by atoms with Gasteiger partial charge in [0.1, 0.15) is 0 Å². The molecule has 0 heterocycles. The molecule has 7 nitrogen and oxygen atoms in total. The van der Waals surface area contributed by atoms with Crippen LogP contribution >= 0.6 is 0 Å². The van der Waals surface area contributed by atoms with Crippen molar-refractivity contribution < 1.29 is 34.8 Å². The second-order valence-electron chi connectivity index (χ2n) is 3.52. The number of aliphatic hydroxyl groups is 3. The first-order valence-electron chi connectivity index (χ1n) is 4.10. The van der Waals surface area contributed by atoms with Crippen LogP contribution in [0.1, 0.15) is 13.8 Å². The number of carbonyl (C=O) groups is 2. The largest absolute Gasteiger partial charge is 0.478 e. The highest BCUT2D eigenvalue weighted by atomic mass is 16.6. The van der Waals surface area contributed by atoms with Gasteiger partial charge >= 0.3 is 11.9 Å². The van der Waals surface area contributed by atoms with Gasteiger partial charge in [-0.3, -0.25) is 0 Å². The summed E-state index contributed by atoms with van der Waals surface area (Å²) >= 11 is 0. The molecular weight excluding hydrogens is 208 g/mol. The maximum atomic E-state index is 11.2. The van der Waals surface area contributed by atoms with Gasteiger partial charge in [0.2, 0.25) is 5.60 Å². The molecule has 0 fully saturated rings. The van der Waals surface area contributed by atoms with Crippen molar-refractivity contribution >= 4 is 11.9 Å². The van der Waals surface area contributed by atoms with E-state index in [2.05, 4.69) is 4.74 Å². The summed E-state index contributed by atoms with van der Waals surface area (Å²) < 4.78 is 4.41. The third kappa shape index (κ3) is 3.15. The highest BCUT2D eigenvalue weighted by Crippen LogP contribution is 2.15. The molecule has 15 heavy (non-hydrogen) atoms. The number of carbonyl (C=O) groups excluding carboxylic acids is 1. The van der Waals surface area contributed by atoms with Crippen molar-refractivity contribution in [3.8, 4) is 0 Å². The number of esters is 1. The summed E-state index contributed by atoms with van der Waals surface area (Å²) in [4.78, 5) is 21.8. The Balaban J connectivity index is 4.72. The van der Waals surface area contributed by atoms with Crippen LogP contribution in [-0.4, -0.2) is 56.8 Å². The van der Waals surface area contributed by atoms with Crippen LogP contribution in [0, 0.1) is 0 Å². The van der Waals surface area contributed by atoms with Crippen molar-refractivity contribution in [3.63, 3.8) is 0 Å². The van der Waals surface area contributed by atoms with E-state index in [4.69, 9.17) is 15.3 Å². The zero-order valence-corrected chi connectivity index (χ0v) is 8.43. The van der Waals surface area contributed by atoms with Gasteiger partial charge in [0, 0.05) is 0 Å². The summed E-state index contributed by atoms with van der Waals surface area (Å²) in [6.45, 7) is 0.0954. The molecule has 88 valence electrons. The highest BCUT2D eigenvalue weighted by molar-refractivity contribution is 5.85. The molecule has 0 aromatic carbocycles. The highest BCUT2D eigenvalue weighted by Gasteiger charge is 2.42. The maximum absolute atomic E-state index is 11.2. The lowest BCUT2D eigenvalue weighted by molar-refractivity contribution is -0.195. The smallest absolute Gasteiger partial charge is 0.350 e. The van der Waals surface area contributed by atoms with Crippen LogP contribution in [0.15, 0.2) is 0 Å². The average molecular weight is 222 g/mol. The van der Waals surface area contributed by atoms with Crippen molar-refractivity contribution in [2.75, 3.05) is 13.2 Å². The van der Waals surface area contributed by atoms with Crippen LogP contribution in [0.3, 0.4) is 0 Å². The van der Waals surface area contributed by atoms with Crippen molar-refractivity contribution in [2.45, 2.75) is 25.0 Å². The normalized spacial score (nSPS) is 18.7. The van der Waals surface area contributed by atoms with Gasteiger partial charge < -0.3 is 25.2 Å². The van der Waals surface area contributed by atoms with E-state index in [9.17, 15) is 14.7 Å². The Kier molecular flexibility index (Phi) is 4.20. The molecule has 0 radical (unpaired) electrons. The number of ether oxygens (including phenoxy) is 1. The van der Waals surface area contributed by atoms with Crippen LogP contribution < -0.4 is 0 Å². The van der Waals surface area contributed by atoms with Crippen molar-refractivity contribution in [2.24, 2.45) is 0 Å². The molecule has 0 aliphatic rings. The van der Waals surface area contributed by atoms with E-state index in [0.717, 1.165) is 13.8 Å². The van der Waals surface area contributed by atoms with Gasteiger partial charge in [0.05, 0.1) is 13.2 Å². The first kappa shape index (κ1) is 13.8. The predicted octanol–water partition coefficient (Wildman–Crippen LogP) is -1.89. The molecule has 0 saturated heterocycles. The number of hydrogen-bond donors (Lipinski definition) is 4. The van der Waals surface area contributed by atoms with E-state index in [0.29, 0.717) is 0 Å². The third-order valence-electron chi connectivity index (χ3n) is 1.82. The Bertz CT molecular complexity index is 260. The van der Waals surface area contributed by atoms with E-state index in [-0.39, 0.29) is 0 Å². The topological polar surface area (TPSA) is 124 Å². The van der Waals surface area contributed by atoms with E-state index in [1.807, 2.05) is 0 Å². The van der Waals surface area contributed by atoms with Crippen LogP contribution in [0.5, 0.6) is 0 Å². The second-order valence-corrected chi connectivity index (χ2v) is 3.52. The lowest BCUT2D eigenvalue weighted by Crippen LogP contribution is -2.50. The number of rotatable bonds is 5. The Morgan fingerprint density at radius 3 is 1.93 bits per heavy atom. The van der Waals surface area contributed by atoms with Crippen molar-refractivity contribution in [1.82, 2.24) is 0 Å². The van der Waals surface area contributed by atoms with Crippen LogP contribution in [-0.2, 0) is 14.3 Å². The molecule has 2 unspecified atom stereocenters. The van der Waals surface area contributed by atoms with Gasteiger partial charge in [0.15, 0.2) is 5.60 Å². The molecule has 4 N–H and O–H groups in total. The SMILES string of the molecule is CC(O)(CO)C(=O)OC(C)(CO)C(=O)O. The fourth-order valence-electron chi connectivity index (χ4n) is 0.523. The number of carboxylic acids is 1. The summed E-state index contributed by atoms with van der Waals surface area (Å²) in [5.41, 5.74) is -4.32. The van der Waals surface area contributed by atoms with Gasteiger partial charge in [0.25, 0.3) is 0 Å². The summed E-state index contributed by atoms with van der Waals surface area (Å²) in [5, 5.41) is 35.2. The number of aliphatic carboxylic acids is 1. The standard InChI is InChI=1S/C8H14O7/c1-7(14,3-9)6(13)15-8(2,4-10)5(11)12/h9-10,14H,3-4H2,1-2H3,(H,11,12). The minimum Gasteiger partial charge on any atom is -0.478 e. The van der Waals surface area contributed by atoms with Gasteiger partial charge in [-0.15, -0.1) is 0 Å². The summed E-state index contributed by atoms with van der Waals surface area (Å²) in [7, 11) is 0. The molecule has 0 bridgehead atoms. The number of carboxylic acid groups (broad SMARTS) is 1.